The van der Waals surface area contributed by atoms with Gasteiger partial charge in [-0.15, -0.1) is 0 Å². The monoisotopic (exact) mass is 396 g/mol. The fraction of sp³-hybridized carbons (Fsp3) is 0.958. The number of nitrogens with zero attached hydrogens (tertiary/aromatic N) is 1. The average molecular weight is 397 g/mol. The minimum Gasteiger partial charge on any atom is -0.466 e. The highest BCUT2D eigenvalue weighted by molar-refractivity contribution is 5.69. The summed E-state index contributed by atoms with van der Waals surface area (Å²) in [5.41, 5.74) is 3.76. The first-order chi connectivity index (χ1) is 13.3. The molecule has 0 radical (unpaired) electrons. The van der Waals surface area contributed by atoms with Gasteiger partial charge in [-0.1, -0.05) is 64.7 Å². The number of rotatable bonds is 15. The quantitative estimate of drug-likeness (QED) is 0.257. The number of ether oxygens (including phenoxy) is 1. The normalized spacial score (nSPS) is 18.9. The van der Waals surface area contributed by atoms with E-state index in [2.05, 4.69) is 45.1 Å². The Morgan fingerprint density at radius 1 is 0.857 bits per heavy atom. The molecular weight excluding hydrogens is 348 g/mol. The van der Waals surface area contributed by atoms with Gasteiger partial charge >= 0.3 is 5.97 Å². The summed E-state index contributed by atoms with van der Waals surface area (Å²) in [7, 11) is 0. The third kappa shape index (κ3) is 10.2. The van der Waals surface area contributed by atoms with Crippen LogP contribution in [0.1, 0.15) is 125 Å². The van der Waals surface area contributed by atoms with E-state index in [0.717, 1.165) is 6.42 Å². The number of piperidine rings is 1. The molecule has 0 atom stereocenters. The van der Waals surface area contributed by atoms with E-state index in [1.54, 1.807) is 0 Å². The Labute approximate surface area is 175 Å². The molecule has 0 aromatic carbocycles. The van der Waals surface area contributed by atoms with Crippen molar-refractivity contribution in [2.45, 2.75) is 136 Å². The van der Waals surface area contributed by atoms with Crippen molar-refractivity contribution in [1.29, 1.82) is 0 Å². The fourth-order valence-corrected chi connectivity index (χ4v) is 4.54. The number of carbonyl (C=O) groups excluding carboxylic acids is 1. The number of unbranched alkanes of at least 4 members (excludes halogenated alkanes) is 9. The second-order valence-electron chi connectivity index (χ2n) is 9.87. The Balaban J connectivity index is 2.01. The van der Waals surface area contributed by atoms with E-state index in [1.807, 2.05) is 0 Å². The van der Waals surface area contributed by atoms with Crippen molar-refractivity contribution in [1.82, 2.24) is 10.4 Å². The number of esters is 1. The van der Waals surface area contributed by atoms with E-state index in [0.29, 0.717) is 19.6 Å². The van der Waals surface area contributed by atoms with Crippen molar-refractivity contribution in [2.24, 2.45) is 0 Å². The zero-order valence-corrected chi connectivity index (χ0v) is 19.6. The molecule has 28 heavy (non-hydrogen) atoms. The van der Waals surface area contributed by atoms with Crippen molar-refractivity contribution in [3.05, 3.63) is 0 Å². The van der Waals surface area contributed by atoms with E-state index >= 15 is 0 Å². The standard InChI is InChI=1S/C24H48N2O2/c1-6-7-8-9-10-11-12-13-14-15-21-28-22(27)17-20-25-26-23(2,3)18-16-19-24(26,4)5/h25H,6-21H2,1-5H3. The van der Waals surface area contributed by atoms with Gasteiger partial charge in [0.2, 0.25) is 0 Å². The molecule has 1 fully saturated rings. The first-order valence-electron chi connectivity index (χ1n) is 12.0. The van der Waals surface area contributed by atoms with Gasteiger partial charge in [-0.2, -0.15) is 0 Å². The Hall–Kier alpha value is -0.610. The van der Waals surface area contributed by atoms with Crippen LogP contribution >= 0.6 is 0 Å². The zero-order valence-electron chi connectivity index (χ0n) is 19.6. The number of hydrogen-bond donors (Lipinski definition) is 1. The van der Waals surface area contributed by atoms with Crippen LogP contribution in [0.3, 0.4) is 0 Å². The van der Waals surface area contributed by atoms with E-state index in [-0.39, 0.29) is 17.0 Å². The molecule has 1 heterocycles. The Morgan fingerprint density at radius 3 is 1.89 bits per heavy atom. The topological polar surface area (TPSA) is 41.6 Å². The number of carbonyl (C=O) groups is 1. The highest BCUT2D eigenvalue weighted by Gasteiger charge is 2.41. The van der Waals surface area contributed by atoms with Crippen LogP contribution in [-0.2, 0) is 9.53 Å². The van der Waals surface area contributed by atoms with E-state index in [9.17, 15) is 4.79 Å². The van der Waals surface area contributed by atoms with Crippen LogP contribution < -0.4 is 5.43 Å². The summed E-state index contributed by atoms with van der Waals surface area (Å²) in [6, 6.07) is 0. The molecule has 1 aliphatic rings. The Morgan fingerprint density at radius 2 is 1.36 bits per heavy atom. The summed E-state index contributed by atoms with van der Waals surface area (Å²) in [5.74, 6) is -0.0731. The lowest BCUT2D eigenvalue weighted by atomic mass is 9.81. The predicted octanol–water partition coefficient (Wildman–Crippen LogP) is 6.39. The molecule has 0 aromatic heterocycles. The van der Waals surface area contributed by atoms with Crippen LogP contribution in [0.4, 0.5) is 0 Å². The number of hydrazine groups is 1. The summed E-state index contributed by atoms with van der Waals surface area (Å²) in [6.07, 6.45) is 17.1. The minimum absolute atomic E-state index is 0.0731. The largest absolute Gasteiger partial charge is 0.466 e. The van der Waals surface area contributed by atoms with Gasteiger partial charge in [-0.05, 0) is 53.4 Å². The predicted molar refractivity (Wildman–Crippen MR) is 119 cm³/mol. The van der Waals surface area contributed by atoms with Crippen LogP contribution in [0.25, 0.3) is 0 Å². The summed E-state index contributed by atoms with van der Waals surface area (Å²) in [6.45, 7) is 12.6. The van der Waals surface area contributed by atoms with Gasteiger partial charge in [0.25, 0.3) is 0 Å². The van der Waals surface area contributed by atoms with Gasteiger partial charge in [0.1, 0.15) is 0 Å². The minimum atomic E-state index is -0.0731. The third-order valence-corrected chi connectivity index (χ3v) is 6.15. The first-order valence-corrected chi connectivity index (χ1v) is 12.0. The van der Waals surface area contributed by atoms with Crippen LogP contribution in [0, 0.1) is 0 Å². The van der Waals surface area contributed by atoms with Crippen LogP contribution in [-0.4, -0.2) is 35.2 Å². The molecule has 0 amide bonds. The van der Waals surface area contributed by atoms with Crippen molar-refractivity contribution in [3.8, 4) is 0 Å². The smallest absolute Gasteiger partial charge is 0.307 e. The molecule has 0 unspecified atom stereocenters. The van der Waals surface area contributed by atoms with Gasteiger partial charge in [0.15, 0.2) is 0 Å². The van der Waals surface area contributed by atoms with Crippen molar-refractivity contribution < 1.29 is 9.53 Å². The molecule has 1 saturated heterocycles. The van der Waals surface area contributed by atoms with E-state index < -0.39 is 0 Å². The molecule has 0 bridgehead atoms. The van der Waals surface area contributed by atoms with E-state index in [4.69, 9.17) is 4.74 Å². The Kier molecular flexibility index (Phi) is 12.3. The molecule has 0 spiro atoms. The highest BCUT2D eigenvalue weighted by Crippen LogP contribution is 2.36. The van der Waals surface area contributed by atoms with Gasteiger partial charge in [-0.3, -0.25) is 10.2 Å². The second kappa shape index (κ2) is 13.6. The molecule has 0 saturated carbocycles. The fourth-order valence-electron chi connectivity index (χ4n) is 4.54. The molecule has 1 rings (SSSR count). The molecule has 4 heteroatoms. The first kappa shape index (κ1) is 25.4. The summed E-state index contributed by atoms with van der Waals surface area (Å²) in [5, 5.41) is 2.36. The highest BCUT2D eigenvalue weighted by atomic mass is 16.5. The Bertz CT molecular complexity index is 405. The maximum atomic E-state index is 12.0. The van der Waals surface area contributed by atoms with Gasteiger partial charge in [0.05, 0.1) is 13.0 Å². The van der Waals surface area contributed by atoms with Crippen LogP contribution in [0.15, 0.2) is 0 Å². The molecule has 4 nitrogen and oxygen atoms in total. The molecule has 166 valence electrons. The van der Waals surface area contributed by atoms with Gasteiger partial charge in [-0.25, -0.2) is 5.01 Å². The van der Waals surface area contributed by atoms with Crippen molar-refractivity contribution in [3.63, 3.8) is 0 Å². The molecule has 0 aromatic rings. The molecular formula is C24H48N2O2. The lowest BCUT2D eigenvalue weighted by molar-refractivity contribution is -0.144. The summed E-state index contributed by atoms with van der Waals surface area (Å²) < 4.78 is 5.41. The SMILES string of the molecule is CCCCCCCCCCCCOC(=O)CCNN1C(C)(C)CCCC1(C)C. The van der Waals surface area contributed by atoms with Gasteiger partial charge < -0.3 is 4.74 Å². The summed E-state index contributed by atoms with van der Waals surface area (Å²) >= 11 is 0. The van der Waals surface area contributed by atoms with Gasteiger partial charge in [0, 0.05) is 17.6 Å². The third-order valence-electron chi connectivity index (χ3n) is 6.15. The molecule has 0 aliphatic carbocycles. The number of nitrogens with one attached hydrogen (secondary N) is 1. The maximum Gasteiger partial charge on any atom is 0.307 e. The lowest BCUT2D eigenvalue weighted by Gasteiger charge is -2.52. The zero-order chi connectivity index (χ0) is 20.9. The van der Waals surface area contributed by atoms with Crippen molar-refractivity contribution >= 4 is 5.97 Å². The lowest BCUT2D eigenvalue weighted by Crippen LogP contribution is -2.64. The number of hydrogen-bond acceptors (Lipinski definition) is 4. The summed E-state index contributed by atoms with van der Waals surface area (Å²) in [4.78, 5) is 12.0. The van der Waals surface area contributed by atoms with Crippen LogP contribution in [0.5, 0.6) is 0 Å². The van der Waals surface area contributed by atoms with Crippen molar-refractivity contribution in [2.75, 3.05) is 13.2 Å². The van der Waals surface area contributed by atoms with E-state index in [1.165, 1.54) is 77.0 Å². The maximum absolute atomic E-state index is 12.0. The molecule has 1 N–H and O–H groups in total. The molecule has 1 aliphatic heterocycles. The average Bonchev–Trinajstić information content (AvgIpc) is 2.61. The second-order valence-corrected chi connectivity index (χ2v) is 9.87. The van der Waals surface area contributed by atoms with Crippen LogP contribution in [0.2, 0.25) is 0 Å².